The number of anilines is 2. The van der Waals surface area contributed by atoms with Crippen LogP contribution in [0.3, 0.4) is 0 Å². The van der Waals surface area contributed by atoms with E-state index < -0.39 is 122 Å². The van der Waals surface area contributed by atoms with E-state index in [2.05, 4.69) is 95.9 Å². The second kappa shape index (κ2) is 26.2. The van der Waals surface area contributed by atoms with Gasteiger partial charge in [-0.25, -0.2) is 9.97 Å². The van der Waals surface area contributed by atoms with Crippen LogP contribution in [0.2, 0.25) is 44.3 Å². The van der Waals surface area contributed by atoms with Gasteiger partial charge in [0.2, 0.25) is 23.7 Å². The molecule has 34 heteroatoms. The molecule has 0 aromatic carbocycles. The van der Waals surface area contributed by atoms with Crippen molar-refractivity contribution in [1.82, 2.24) is 39.0 Å². The van der Waals surface area contributed by atoms with Crippen molar-refractivity contribution in [2.75, 3.05) is 23.8 Å². The topological polar surface area (TPSA) is 323 Å². The monoisotopic (exact) mass is 1320 g/mol. The highest BCUT2D eigenvalue weighted by Crippen LogP contribution is 2.51. The lowest BCUT2D eigenvalue weighted by Gasteiger charge is -2.51. The Balaban J connectivity index is 0.000000252. The van der Waals surface area contributed by atoms with Gasteiger partial charge in [-0.2, -0.15) is 31.6 Å². The Morgan fingerprint density at radius 1 is 0.598 bits per heavy atom. The lowest BCUT2D eigenvalue weighted by atomic mass is 10.1. The number of nitrogens with zero attached hydrogens (tertiary/aromatic N) is 6. The highest BCUT2D eigenvalue weighted by molar-refractivity contribution is 7.87. The highest BCUT2D eigenvalue weighted by Gasteiger charge is 2.65. The molecule has 2 amide bonds. The zero-order valence-electron chi connectivity index (χ0n) is 53.3. The zero-order chi connectivity index (χ0) is 65.2. The molecular formula is C53H89F3N10O16SSi4. The first-order valence-corrected chi connectivity index (χ1v) is 39.1. The summed E-state index contributed by atoms with van der Waals surface area (Å²) in [6.07, 6.45) is -6.96. The minimum Gasteiger partial charge on any atom is -0.414 e. The molecule has 8 heterocycles. The van der Waals surface area contributed by atoms with Crippen LogP contribution in [-0.2, 0) is 59.3 Å². The molecule has 4 aromatic rings. The molecule has 0 radical (unpaired) electrons. The minimum absolute atomic E-state index is 0.000117. The fraction of sp³-hybridized carbons (Fsp3) is 0.774. The Kier molecular flexibility index (Phi) is 21.2. The average molecular weight is 1320 g/mol. The maximum Gasteiger partial charge on any atom is 0.523 e. The van der Waals surface area contributed by atoms with E-state index in [4.69, 9.17) is 39.6 Å². The van der Waals surface area contributed by atoms with Gasteiger partial charge in [0.1, 0.15) is 30.5 Å². The standard InChI is InChI=1S/C27H44F3N5O9SSi2.C26H45N5O7Si2/c1-13(2)23(36)33-26-32-22-19(24(37)34-26)31-12-35(22)25-21(42-45(38,39)27(28,29)30)20-18(41-25)11-40-46(14(3)4,15(5)6)44-47(43-20,16(7)8)17(9)10;1-13(2)23(33)29-26-28-22-19(24(34)30-26)27-12-31(22)25-20(32)21-18(36-25)11-35-39(14(3)4,15(5)6)38-40(37-21,16(7)8)17(9)10/h12-18,20-21,25H,11H2,1-10H3,(H2,32,33,34,36,37);12-18,20-21,25,32H,11H2,1-10H3,(H2,28,29,30,33,34)/t18-,20-,21+,25-;18-,20+,21-,25-/m11/s1. The number of amides is 2. The Morgan fingerprint density at radius 2 is 0.943 bits per heavy atom. The van der Waals surface area contributed by atoms with Crippen LogP contribution in [0, 0.1) is 11.8 Å². The van der Waals surface area contributed by atoms with Gasteiger partial charge in [0.25, 0.3) is 11.1 Å². The number of imidazole rings is 2. The Bertz CT molecular complexity index is 3310. The lowest BCUT2D eigenvalue weighted by molar-refractivity contribution is -0.119. The van der Waals surface area contributed by atoms with E-state index in [1.54, 1.807) is 27.7 Å². The SMILES string of the molecule is CC(C)C(=O)Nc1nc2c(ncn2[C@@H]2O[C@@H]3CO[Si](C(C)C)(C(C)C)O[Si](C(C)C)(C(C)C)O[C@H]3[C@@H]2O)c(=O)[nH]1.CC(C)C(=O)Nc1nc2c(ncn2[C@@H]2O[C@@H]3CO[Si](C(C)C)(C(C)C)O[Si](C(C)C)(C(C)C)O[C@H]3[C@@H]2OS(=O)(=O)C(F)(F)F)c(=O)[nH]1. The molecule has 0 unspecified atom stereocenters. The first kappa shape index (κ1) is 70.3. The number of aromatic amines is 2. The van der Waals surface area contributed by atoms with Crippen molar-refractivity contribution in [2.24, 2.45) is 11.8 Å². The number of nitrogens with one attached hydrogen (secondary N) is 4. The van der Waals surface area contributed by atoms with E-state index in [0.717, 1.165) is 10.9 Å². The molecule has 5 N–H and O–H groups in total. The number of alkyl halides is 3. The van der Waals surface area contributed by atoms with Crippen molar-refractivity contribution >= 4 is 90.4 Å². The van der Waals surface area contributed by atoms with Gasteiger partial charge in [0, 0.05) is 11.8 Å². The van der Waals surface area contributed by atoms with Gasteiger partial charge in [0.15, 0.2) is 40.9 Å². The van der Waals surface area contributed by atoms with Gasteiger partial charge in [0.05, 0.1) is 25.9 Å². The number of hydrogen-bond donors (Lipinski definition) is 5. The van der Waals surface area contributed by atoms with Crippen molar-refractivity contribution in [1.29, 1.82) is 0 Å². The van der Waals surface area contributed by atoms with Crippen molar-refractivity contribution < 1.29 is 75.9 Å². The van der Waals surface area contributed by atoms with Crippen LogP contribution in [0.15, 0.2) is 22.2 Å². The van der Waals surface area contributed by atoms with Crippen LogP contribution < -0.4 is 21.8 Å². The molecule has 4 aliphatic heterocycles. The van der Waals surface area contributed by atoms with Gasteiger partial charge in [-0.15, -0.1) is 0 Å². The minimum atomic E-state index is -6.20. The number of ether oxygens (including phenoxy) is 2. The molecule has 26 nitrogen and oxygen atoms in total. The van der Waals surface area contributed by atoms with Crippen molar-refractivity contribution in [3.63, 3.8) is 0 Å². The molecule has 8 atom stereocenters. The van der Waals surface area contributed by atoms with Crippen molar-refractivity contribution in [2.45, 2.75) is 237 Å². The van der Waals surface area contributed by atoms with E-state index >= 15 is 0 Å². The molecule has 490 valence electrons. The summed E-state index contributed by atoms with van der Waals surface area (Å²) in [5.74, 6) is -1.79. The maximum atomic E-state index is 13.8. The number of aliphatic hydroxyl groups excluding tert-OH is 1. The van der Waals surface area contributed by atoms with Crippen molar-refractivity contribution in [3.8, 4) is 0 Å². The predicted molar refractivity (Wildman–Crippen MR) is 325 cm³/mol. The summed E-state index contributed by atoms with van der Waals surface area (Å²) in [6.45, 7) is 39.3. The van der Waals surface area contributed by atoms with E-state index in [0.29, 0.717) is 0 Å². The maximum absolute atomic E-state index is 13.8. The Morgan fingerprint density at radius 3 is 1.30 bits per heavy atom. The smallest absolute Gasteiger partial charge is 0.414 e. The van der Waals surface area contributed by atoms with E-state index in [-0.39, 0.29) is 104 Å². The van der Waals surface area contributed by atoms with E-state index in [1.165, 1.54) is 10.9 Å². The van der Waals surface area contributed by atoms with Gasteiger partial charge >= 0.3 is 49.9 Å². The van der Waals surface area contributed by atoms with Gasteiger partial charge < -0.3 is 40.5 Å². The summed E-state index contributed by atoms with van der Waals surface area (Å²) in [4.78, 5) is 72.2. The largest absolute Gasteiger partial charge is 0.523 e. The van der Waals surface area contributed by atoms with E-state index in [1.807, 2.05) is 55.4 Å². The molecule has 4 aromatic heterocycles. The van der Waals surface area contributed by atoms with Crippen LogP contribution in [0.5, 0.6) is 0 Å². The summed E-state index contributed by atoms with van der Waals surface area (Å²) < 4.78 is 128. The summed E-state index contributed by atoms with van der Waals surface area (Å²) in [5.41, 5.74) is -7.33. The third kappa shape index (κ3) is 13.3. The number of halogens is 3. The summed E-state index contributed by atoms with van der Waals surface area (Å²) in [5, 5.41) is 16.8. The number of hydrogen-bond acceptors (Lipinski definition) is 20. The molecule has 4 fully saturated rings. The first-order valence-electron chi connectivity index (χ1n) is 29.8. The van der Waals surface area contributed by atoms with Crippen LogP contribution in [-0.4, -0.2) is 154 Å². The fourth-order valence-corrected chi connectivity index (χ4v) is 34.9. The normalized spacial score (nSPS) is 25.8. The number of H-pyrrole nitrogens is 2. The third-order valence-electron chi connectivity index (χ3n) is 16.7. The quantitative estimate of drug-likeness (QED) is 0.0397. The molecule has 0 saturated carbocycles. The fourth-order valence-electron chi connectivity index (χ4n) is 11.9. The molecule has 0 aliphatic carbocycles. The number of carbonyl (C=O) groups excluding carboxylic acids is 2. The molecule has 0 bridgehead atoms. The number of aliphatic hydroxyl groups is 1. The van der Waals surface area contributed by atoms with Crippen LogP contribution in [0.25, 0.3) is 22.3 Å². The molecule has 4 saturated heterocycles. The number of rotatable bonds is 16. The van der Waals surface area contributed by atoms with Gasteiger partial charge in [-0.3, -0.25) is 53.1 Å². The molecular weight excluding hydrogens is 1230 g/mol. The summed E-state index contributed by atoms with van der Waals surface area (Å²) in [6, 6.07) is 0. The molecule has 0 spiro atoms. The van der Waals surface area contributed by atoms with E-state index in [9.17, 15) is 45.9 Å². The number of carbonyl (C=O) groups is 2. The van der Waals surface area contributed by atoms with Crippen molar-refractivity contribution in [3.05, 3.63) is 33.4 Å². The average Bonchev–Trinajstić information content (AvgIpc) is 1.70. The van der Waals surface area contributed by atoms with Gasteiger partial charge in [-0.1, -0.05) is 138 Å². The lowest BCUT2D eigenvalue weighted by Crippen LogP contribution is -2.66. The highest BCUT2D eigenvalue weighted by atomic mass is 32.2. The number of fused-ring (bicyclic) bond motifs is 4. The van der Waals surface area contributed by atoms with Crippen LogP contribution in [0.4, 0.5) is 25.1 Å². The molecule has 4 aliphatic rings. The molecule has 87 heavy (non-hydrogen) atoms. The third-order valence-corrected chi connectivity index (χ3v) is 38.3. The van der Waals surface area contributed by atoms with Crippen LogP contribution in [0.1, 0.15) is 151 Å². The second-order valence-electron chi connectivity index (χ2n) is 26.0. The number of aromatic nitrogens is 8. The van der Waals surface area contributed by atoms with Crippen LogP contribution >= 0.6 is 0 Å². The molecule has 8 rings (SSSR count). The Labute approximate surface area is 509 Å². The summed E-state index contributed by atoms with van der Waals surface area (Å²) in [7, 11) is -18.5. The second-order valence-corrected chi connectivity index (χ2v) is 45.2. The Hall–Kier alpha value is -4.15. The predicted octanol–water partition coefficient (Wildman–Crippen LogP) is 8.73. The van der Waals surface area contributed by atoms with Gasteiger partial charge in [-0.05, 0) is 44.3 Å². The summed E-state index contributed by atoms with van der Waals surface area (Å²) >= 11 is 0. The zero-order valence-corrected chi connectivity index (χ0v) is 58.1. The first-order chi connectivity index (χ1) is 40.2.